The second kappa shape index (κ2) is 11.1. The van der Waals surface area contributed by atoms with Crippen molar-refractivity contribution in [2.45, 2.75) is 0 Å². The zero-order valence-corrected chi connectivity index (χ0v) is 20.8. The molecule has 3 aromatic carbocycles. The van der Waals surface area contributed by atoms with Crippen LogP contribution < -0.4 is 0 Å². The normalized spacial score (nSPS) is 11.7. The second-order valence-corrected chi connectivity index (χ2v) is 8.68. The van der Waals surface area contributed by atoms with E-state index in [4.69, 9.17) is 9.83 Å². The van der Waals surface area contributed by atoms with Gasteiger partial charge < -0.3 is 20.1 Å². The van der Waals surface area contributed by atoms with Crippen LogP contribution in [0.25, 0.3) is 10.9 Å². The van der Waals surface area contributed by atoms with E-state index >= 15 is 0 Å². The minimum Gasteiger partial charge on any atom is -0.494 e. The SMILES string of the molecule is CON(CCN(C)C)C(=O)c1ccc(N=C(c2ccccc2)c2c(O)[nH]c3cc(C(=O)O)ccc23)cc1. The van der Waals surface area contributed by atoms with Gasteiger partial charge in [-0.05, 0) is 50.5 Å². The van der Waals surface area contributed by atoms with Crippen molar-refractivity contribution in [3.63, 3.8) is 0 Å². The Morgan fingerprint density at radius 2 is 1.59 bits per heavy atom. The molecule has 9 heteroatoms. The molecule has 0 saturated heterocycles. The van der Waals surface area contributed by atoms with Gasteiger partial charge in [-0.25, -0.2) is 14.9 Å². The lowest BCUT2D eigenvalue weighted by Gasteiger charge is -2.21. The molecule has 1 amide bonds. The van der Waals surface area contributed by atoms with Gasteiger partial charge in [-0.15, -0.1) is 0 Å². The number of carbonyl (C=O) groups excluding carboxylic acids is 1. The van der Waals surface area contributed by atoms with Crippen molar-refractivity contribution in [3.8, 4) is 5.88 Å². The summed E-state index contributed by atoms with van der Waals surface area (Å²) in [5.74, 6) is -1.44. The zero-order valence-electron chi connectivity index (χ0n) is 20.8. The van der Waals surface area contributed by atoms with Gasteiger partial charge in [0.05, 0.1) is 36.2 Å². The smallest absolute Gasteiger partial charge is 0.335 e. The summed E-state index contributed by atoms with van der Waals surface area (Å²) in [6.07, 6.45) is 0. The summed E-state index contributed by atoms with van der Waals surface area (Å²) in [6, 6.07) is 20.8. The molecule has 0 spiro atoms. The topological polar surface area (TPSA) is 118 Å². The lowest BCUT2D eigenvalue weighted by Crippen LogP contribution is -2.35. The van der Waals surface area contributed by atoms with Crippen LogP contribution in [0, 0.1) is 0 Å². The maximum atomic E-state index is 12.9. The molecule has 37 heavy (non-hydrogen) atoms. The fourth-order valence-electron chi connectivity index (χ4n) is 3.94. The third kappa shape index (κ3) is 5.69. The van der Waals surface area contributed by atoms with Crippen LogP contribution in [0.15, 0.2) is 77.8 Å². The summed E-state index contributed by atoms with van der Waals surface area (Å²) in [7, 11) is 5.31. The van der Waals surface area contributed by atoms with Crippen LogP contribution in [0.1, 0.15) is 31.8 Å². The van der Waals surface area contributed by atoms with Crippen LogP contribution in [0.3, 0.4) is 0 Å². The Labute approximate surface area is 214 Å². The Morgan fingerprint density at radius 3 is 2.22 bits per heavy atom. The molecule has 0 aliphatic carbocycles. The molecule has 9 nitrogen and oxygen atoms in total. The molecule has 3 N–H and O–H groups in total. The Morgan fingerprint density at radius 1 is 0.919 bits per heavy atom. The number of rotatable bonds is 9. The van der Waals surface area contributed by atoms with Crippen molar-refractivity contribution in [1.82, 2.24) is 14.9 Å². The first kappa shape index (κ1) is 25.6. The molecule has 4 rings (SSSR count). The van der Waals surface area contributed by atoms with Gasteiger partial charge in [0.2, 0.25) is 0 Å². The molecule has 0 aliphatic rings. The van der Waals surface area contributed by atoms with Crippen LogP contribution in [0.5, 0.6) is 5.88 Å². The monoisotopic (exact) mass is 500 g/mol. The Balaban J connectivity index is 1.74. The molecule has 0 radical (unpaired) electrons. The average molecular weight is 501 g/mol. The van der Waals surface area contributed by atoms with E-state index in [9.17, 15) is 19.8 Å². The minimum absolute atomic E-state index is 0.106. The lowest BCUT2D eigenvalue weighted by atomic mass is 10.00. The second-order valence-electron chi connectivity index (χ2n) is 8.68. The number of hydrogen-bond donors (Lipinski definition) is 3. The van der Waals surface area contributed by atoms with E-state index in [2.05, 4.69) is 4.98 Å². The molecule has 0 fully saturated rings. The maximum absolute atomic E-state index is 12.9. The highest BCUT2D eigenvalue weighted by Crippen LogP contribution is 2.32. The predicted molar refractivity (Wildman–Crippen MR) is 142 cm³/mol. The summed E-state index contributed by atoms with van der Waals surface area (Å²) in [5.41, 5.74) is 3.32. The summed E-state index contributed by atoms with van der Waals surface area (Å²) in [5, 5.41) is 22.1. The molecule has 190 valence electrons. The van der Waals surface area contributed by atoms with Crippen LogP contribution in [-0.2, 0) is 4.84 Å². The molecule has 0 atom stereocenters. The number of carboxylic acid groups (broad SMARTS) is 1. The van der Waals surface area contributed by atoms with E-state index in [0.717, 1.165) is 5.56 Å². The number of aromatic carboxylic acids is 1. The fraction of sp³-hybridized carbons (Fsp3) is 0.179. The highest BCUT2D eigenvalue weighted by Gasteiger charge is 2.20. The molecule has 1 aromatic heterocycles. The number of fused-ring (bicyclic) bond motifs is 1. The summed E-state index contributed by atoms with van der Waals surface area (Å²) in [4.78, 5) is 39.2. The molecule has 0 bridgehead atoms. The Hall–Kier alpha value is -4.47. The molecule has 1 heterocycles. The molecule has 0 aliphatic heterocycles. The first-order valence-electron chi connectivity index (χ1n) is 11.6. The number of aromatic hydroxyl groups is 1. The van der Waals surface area contributed by atoms with Crippen LogP contribution in [0.4, 0.5) is 5.69 Å². The summed E-state index contributed by atoms with van der Waals surface area (Å²) >= 11 is 0. The molecular weight excluding hydrogens is 472 g/mol. The Kier molecular flexibility index (Phi) is 7.66. The van der Waals surface area contributed by atoms with Gasteiger partial charge in [0.25, 0.3) is 5.91 Å². The van der Waals surface area contributed by atoms with E-state index in [1.165, 1.54) is 24.3 Å². The van der Waals surface area contributed by atoms with Crippen molar-refractivity contribution in [3.05, 3.63) is 95.1 Å². The van der Waals surface area contributed by atoms with Gasteiger partial charge in [0.1, 0.15) is 0 Å². The number of aliphatic imine (C=N–C) groups is 1. The largest absolute Gasteiger partial charge is 0.494 e. The lowest BCUT2D eigenvalue weighted by molar-refractivity contribution is -0.0967. The first-order valence-corrected chi connectivity index (χ1v) is 11.6. The number of aromatic amines is 1. The maximum Gasteiger partial charge on any atom is 0.335 e. The van der Waals surface area contributed by atoms with Crippen molar-refractivity contribution < 1.29 is 24.6 Å². The number of carboxylic acids is 1. The third-order valence-electron chi connectivity index (χ3n) is 5.86. The number of nitrogens with one attached hydrogen (secondary N) is 1. The van der Waals surface area contributed by atoms with Gasteiger partial charge in [-0.3, -0.25) is 9.63 Å². The van der Waals surface area contributed by atoms with Gasteiger partial charge in [0.15, 0.2) is 5.88 Å². The van der Waals surface area contributed by atoms with E-state index in [1.807, 2.05) is 49.3 Å². The average Bonchev–Trinajstić information content (AvgIpc) is 3.22. The number of hydrogen-bond acceptors (Lipinski definition) is 6. The number of amides is 1. The molecular formula is C28H28N4O5. The van der Waals surface area contributed by atoms with Crippen LogP contribution in [-0.4, -0.2) is 77.0 Å². The number of H-pyrrole nitrogens is 1. The highest BCUT2D eigenvalue weighted by molar-refractivity contribution is 6.22. The molecule has 4 aromatic rings. The number of likely N-dealkylation sites (N-methyl/N-ethyl adjacent to an activating group) is 1. The standard InChI is InChI=1S/C28H28N4O5/c1-31(2)15-16-32(37-3)27(34)19-9-12-21(13-10-19)29-25(18-7-5-4-6-8-18)24-22-14-11-20(28(35)36)17-23(22)30-26(24)33/h4-14,17,30,33H,15-16H2,1-3H3,(H,35,36). The Bertz CT molecular complexity index is 1440. The van der Waals surface area contributed by atoms with Gasteiger partial charge >= 0.3 is 5.97 Å². The summed E-state index contributed by atoms with van der Waals surface area (Å²) in [6.45, 7) is 1.08. The molecule has 0 saturated carbocycles. The first-order chi connectivity index (χ1) is 17.8. The minimum atomic E-state index is -1.06. The highest BCUT2D eigenvalue weighted by atomic mass is 16.7. The van der Waals surface area contributed by atoms with Gasteiger partial charge in [-0.2, -0.15) is 0 Å². The summed E-state index contributed by atoms with van der Waals surface area (Å²) < 4.78 is 0. The van der Waals surface area contributed by atoms with E-state index < -0.39 is 5.97 Å². The van der Waals surface area contributed by atoms with Crippen molar-refractivity contribution in [2.75, 3.05) is 34.3 Å². The van der Waals surface area contributed by atoms with Gasteiger partial charge in [-0.1, -0.05) is 36.4 Å². The van der Waals surface area contributed by atoms with Gasteiger partial charge in [0, 0.05) is 28.6 Å². The fourth-order valence-corrected chi connectivity index (χ4v) is 3.94. The quantitative estimate of drug-likeness (QED) is 0.233. The number of benzene rings is 3. The van der Waals surface area contributed by atoms with Crippen molar-refractivity contribution in [2.24, 2.45) is 4.99 Å². The number of aromatic nitrogens is 1. The number of nitrogens with zero attached hydrogens (tertiary/aromatic N) is 3. The van der Waals surface area contributed by atoms with E-state index in [0.29, 0.717) is 46.5 Å². The molecule has 0 unspecified atom stereocenters. The van der Waals surface area contributed by atoms with Crippen molar-refractivity contribution in [1.29, 1.82) is 0 Å². The van der Waals surface area contributed by atoms with Crippen LogP contribution in [0.2, 0.25) is 0 Å². The van der Waals surface area contributed by atoms with E-state index in [-0.39, 0.29) is 17.4 Å². The van der Waals surface area contributed by atoms with Crippen molar-refractivity contribution >= 4 is 34.2 Å². The number of hydroxylamine groups is 2. The van der Waals surface area contributed by atoms with Crippen LogP contribution >= 0.6 is 0 Å². The third-order valence-corrected chi connectivity index (χ3v) is 5.86. The predicted octanol–water partition coefficient (Wildman–Crippen LogP) is 4.31. The zero-order chi connectivity index (χ0) is 26.5. The van der Waals surface area contributed by atoms with E-state index in [1.54, 1.807) is 30.3 Å². The number of carbonyl (C=O) groups is 2.